The van der Waals surface area contributed by atoms with Gasteiger partial charge < -0.3 is 9.72 Å². The number of ether oxygens (including phenoxy) is 1. The van der Waals surface area contributed by atoms with Crippen molar-refractivity contribution in [3.8, 4) is 0 Å². The van der Waals surface area contributed by atoms with Gasteiger partial charge in [-0.3, -0.25) is 0 Å². The van der Waals surface area contributed by atoms with Crippen LogP contribution in [0.15, 0.2) is 18.3 Å². The van der Waals surface area contributed by atoms with E-state index < -0.39 is 0 Å². The number of esters is 1. The van der Waals surface area contributed by atoms with E-state index in [2.05, 4.69) is 9.97 Å². The van der Waals surface area contributed by atoms with Crippen molar-refractivity contribution in [2.24, 2.45) is 0 Å². The summed E-state index contributed by atoms with van der Waals surface area (Å²) in [6.07, 6.45) is 1.71. The molecule has 0 bridgehead atoms. The minimum atomic E-state index is -0.338. The largest absolute Gasteiger partial charge is 0.461 e. The molecule has 0 saturated carbocycles. The average Bonchev–Trinajstić information content (AvgIpc) is 2.63. The highest BCUT2D eigenvalue weighted by Crippen LogP contribution is 2.17. The van der Waals surface area contributed by atoms with Crippen LogP contribution in [0, 0.1) is 6.92 Å². The number of pyridine rings is 1. The summed E-state index contributed by atoms with van der Waals surface area (Å²) in [6.45, 7) is 4.14. The highest BCUT2D eigenvalue weighted by atomic mass is 16.5. The van der Waals surface area contributed by atoms with Crippen molar-refractivity contribution >= 4 is 17.0 Å². The number of hydrogen-bond acceptors (Lipinski definition) is 3. The molecule has 0 aliphatic carbocycles. The second-order valence-corrected chi connectivity index (χ2v) is 3.29. The monoisotopic (exact) mass is 204 g/mol. The fourth-order valence-electron chi connectivity index (χ4n) is 1.48. The van der Waals surface area contributed by atoms with Gasteiger partial charge in [0.15, 0.2) is 0 Å². The summed E-state index contributed by atoms with van der Waals surface area (Å²) >= 11 is 0. The van der Waals surface area contributed by atoms with Gasteiger partial charge in [0.05, 0.1) is 6.61 Å². The zero-order valence-electron chi connectivity index (χ0n) is 8.70. The van der Waals surface area contributed by atoms with Gasteiger partial charge in [0.1, 0.15) is 11.3 Å². The standard InChI is InChI=1S/C11H12N2O2/c1-3-15-11(14)9-6-8-7(2)4-5-12-10(8)13-9/h4-6H,3H2,1-2H3,(H,12,13). The molecule has 0 saturated heterocycles. The third kappa shape index (κ3) is 1.70. The molecule has 2 rings (SSSR count). The predicted octanol–water partition coefficient (Wildman–Crippen LogP) is 2.05. The third-order valence-corrected chi connectivity index (χ3v) is 2.25. The average molecular weight is 204 g/mol. The van der Waals surface area contributed by atoms with Gasteiger partial charge >= 0.3 is 5.97 Å². The number of H-pyrrole nitrogens is 1. The van der Waals surface area contributed by atoms with E-state index in [9.17, 15) is 4.79 Å². The van der Waals surface area contributed by atoms with Crippen LogP contribution in [0.1, 0.15) is 23.0 Å². The van der Waals surface area contributed by atoms with E-state index in [0.717, 1.165) is 16.6 Å². The minimum absolute atomic E-state index is 0.338. The molecular weight excluding hydrogens is 192 g/mol. The van der Waals surface area contributed by atoms with Crippen molar-refractivity contribution in [3.05, 3.63) is 29.6 Å². The second-order valence-electron chi connectivity index (χ2n) is 3.29. The van der Waals surface area contributed by atoms with Crippen LogP contribution in [-0.2, 0) is 4.74 Å². The van der Waals surface area contributed by atoms with Crippen LogP contribution in [0.4, 0.5) is 0 Å². The van der Waals surface area contributed by atoms with Crippen LogP contribution in [0.3, 0.4) is 0 Å². The molecule has 0 aliphatic heterocycles. The van der Waals surface area contributed by atoms with Gasteiger partial charge in [0.25, 0.3) is 0 Å². The fraction of sp³-hybridized carbons (Fsp3) is 0.273. The smallest absolute Gasteiger partial charge is 0.354 e. The first kappa shape index (κ1) is 9.71. The number of nitrogens with zero attached hydrogens (tertiary/aromatic N) is 1. The molecule has 2 heterocycles. The molecule has 78 valence electrons. The Labute approximate surface area is 87.3 Å². The Morgan fingerprint density at radius 1 is 1.60 bits per heavy atom. The van der Waals surface area contributed by atoms with Gasteiger partial charge in [-0.25, -0.2) is 9.78 Å². The zero-order valence-corrected chi connectivity index (χ0v) is 8.70. The molecule has 4 heteroatoms. The van der Waals surface area contributed by atoms with E-state index >= 15 is 0 Å². The minimum Gasteiger partial charge on any atom is -0.461 e. The molecule has 0 aromatic carbocycles. The lowest BCUT2D eigenvalue weighted by Gasteiger charge is -1.96. The van der Waals surface area contributed by atoms with Crippen LogP contribution in [0.2, 0.25) is 0 Å². The fourth-order valence-corrected chi connectivity index (χ4v) is 1.48. The summed E-state index contributed by atoms with van der Waals surface area (Å²) in [5, 5.41) is 0.959. The van der Waals surface area contributed by atoms with Crippen LogP contribution < -0.4 is 0 Å². The van der Waals surface area contributed by atoms with Gasteiger partial charge in [-0.05, 0) is 31.5 Å². The van der Waals surface area contributed by atoms with Crippen molar-refractivity contribution in [2.75, 3.05) is 6.61 Å². The molecule has 0 aliphatic rings. The number of carbonyl (C=O) groups excluding carboxylic acids is 1. The lowest BCUT2D eigenvalue weighted by atomic mass is 10.2. The Bertz CT molecular complexity index is 502. The summed E-state index contributed by atoms with van der Waals surface area (Å²) in [7, 11) is 0. The van der Waals surface area contributed by atoms with Crippen molar-refractivity contribution in [1.29, 1.82) is 0 Å². The Hall–Kier alpha value is -1.84. The van der Waals surface area contributed by atoms with Crippen molar-refractivity contribution in [3.63, 3.8) is 0 Å². The first-order valence-corrected chi connectivity index (χ1v) is 4.84. The van der Waals surface area contributed by atoms with Crippen LogP contribution >= 0.6 is 0 Å². The summed E-state index contributed by atoms with van der Waals surface area (Å²) in [5.74, 6) is -0.338. The predicted molar refractivity (Wildman–Crippen MR) is 56.8 cm³/mol. The van der Waals surface area contributed by atoms with E-state index in [1.165, 1.54) is 0 Å². The maximum atomic E-state index is 11.4. The topological polar surface area (TPSA) is 55.0 Å². The highest BCUT2D eigenvalue weighted by molar-refractivity contribution is 5.94. The molecule has 0 fully saturated rings. The lowest BCUT2D eigenvalue weighted by molar-refractivity contribution is 0.0520. The number of aromatic amines is 1. The van der Waals surface area contributed by atoms with Crippen LogP contribution in [0.5, 0.6) is 0 Å². The maximum absolute atomic E-state index is 11.4. The molecule has 0 amide bonds. The zero-order chi connectivity index (χ0) is 10.8. The van der Waals surface area contributed by atoms with Gasteiger partial charge in [-0.15, -0.1) is 0 Å². The number of nitrogens with one attached hydrogen (secondary N) is 1. The number of aryl methyl sites for hydroxylation is 1. The molecule has 1 N–H and O–H groups in total. The van der Waals surface area contributed by atoms with Gasteiger partial charge in [-0.2, -0.15) is 0 Å². The van der Waals surface area contributed by atoms with Crippen molar-refractivity contribution < 1.29 is 9.53 Å². The molecule has 2 aromatic heterocycles. The van der Waals surface area contributed by atoms with Gasteiger partial charge in [-0.1, -0.05) is 0 Å². The second kappa shape index (κ2) is 3.73. The number of aromatic nitrogens is 2. The summed E-state index contributed by atoms with van der Waals surface area (Å²) in [6, 6.07) is 3.68. The SMILES string of the molecule is CCOC(=O)c1cc2c(C)ccnc2[nH]1. The lowest BCUT2D eigenvalue weighted by Crippen LogP contribution is -2.04. The summed E-state index contributed by atoms with van der Waals surface area (Å²) in [5.41, 5.74) is 2.26. The Balaban J connectivity index is 2.47. The third-order valence-electron chi connectivity index (χ3n) is 2.25. The van der Waals surface area contributed by atoms with E-state index in [4.69, 9.17) is 4.74 Å². The number of rotatable bonds is 2. The van der Waals surface area contributed by atoms with Gasteiger partial charge in [0.2, 0.25) is 0 Å². The Kier molecular flexibility index (Phi) is 2.41. The normalized spacial score (nSPS) is 10.5. The van der Waals surface area contributed by atoms with E-state index in [-0.39, 0.29) is 5.97 Å². The molecule has 0 spiro atoms. The highest BCUT2D eigenvalue weighted by Gasteiger charge is 2.11. The first-order valence-electron chi connectivity index (χ1n) is 4.84. The van der Waals surface area contributed by atoms with Crippen molar-refractivity contribution in [1.82, 2.24) is 9.97 Å². The number of hydrogen-bond donors (Lipinski definition) is 1. The number of fused-ring (bicyclic) bond motifs is 1. The van der Waals surface area contributed by atoms with Crippen molar-refractivity contribution in [2.45, 2.75) is 13.8 Å². The summed E-state index contributed by atoms with van der Waals surface area (Å²) < 4.78 is 4.90. The van der Waals surface area contributed by atoms with Crippen LogP contribution in [-0.4, -0.2) is 22.5 Å². The molecule has 4 nitrogen and oxygen atoms in total. The maximum Gasteiger partial charge on any atom is 0.354 e. The molecular formula is C11H12N2O2. The van der Waals surface area contributed by atoms with Crippen LogP contribution in [0.25, 0.3) is 11.0 Å². The van der Waals surface area contributed by atoms with Gasteiger partial charge in [0, 0.05) is 11.6 Å². The summed E-state index contributed by atoms with van der Waals surface area (Å²) in [4.78, 5) is 18.5. The van der Waals surface area contributed by atoms with E-state index in [1.54, 1.807) is 19.2 Å². The molecule has 15 heavy (non-hydrogen) atoms. The van der Waals surface area contributed by atoms with E-state index in [0.29, 0.717) is 12.3 Å². The Morgan fingerprint density at radius 3 is 3.07 bits per heavy atom. The Morgan fingerprint density at radius 2 is 2.40 bits per heavy atom. The molecule has 2 aromatic rings. The van der Waals surface area contributed by atoms with E-state index in [1.807, 2.05) is 13.0 Å². The molecule has 0 radical (unpaired) electrons. The molecule has 0 unspecified atom stereocenters. The quantitative estimate of drug-likeness (QED) is 0.761. The molecule has 0 atom stereocenters. The number of carbonyl (C=O) groups is 1. The first-order chi connectivity index (χ1) is 7.22.